The van der Waals surface area contributed by atoms with Crippen LogP contribution in [0.15, 0.2) is 35.4 Å². The Hall–Kier alpha value is -2.14. The molecule has 1 aromatic carbocycles. The van der Waals surface area contributed by atoms with Gasteiger partial charge in [0, 0.05) is 5.56 Å². The number of hydrogen-bond acceptors (Lipinski definition) is 12. The Labute approximate surface area is 224 Å². The molecule has 0 saturated carbocycles. The molecule has 5 rings (SSSR count). The fourth-order valence-electron chi connectivity index (χ4n) is 4.27. The summed E-state index contributed by atoms with van der Waals surface area (Å²) in [7, 11) is -16.7. The SMILES string of the molecule is Cc1ccc(C2OC3[C@@H](O2)[C@@H](COP(=O)(O)OP(=O)(O)OP(=O)(O)O)O[C@H]3n2cnc3c(=O)[nH]c(C)nc32)cc1. The number of imidazole rings is 1. The minimum atomic E-state index is -5.71. The van der Waals surface area contributed by atoms with Gasteiger partial charge >= 0.3 is 23.5 Å². The number of nitrogens with zero attached hydrogens (tertiary/aromatic N) is 3. The number of ether oxygens (including phenoxy) is 3. The molecule has 21 heteroatoms. The molecule has 2 aliphatic rings. The number of H-pyrrole nitrogens is 1. The summed E-state index contributed by atoms with van der Waals surface area (Å²) in [6.07, 6.45) is -3.57. The summed E-state index contributed by atoms with van der Waals surface area (Å²) in [5.74, 6) is 0.305. The third kappa shape index (κ3) is 6.35. The lowest BCUT2D eigenvalue weighted by molar-refractivity contribution is -0.152. The van der Waals surface area contributed by atoms with Gasteiger partial charge in [-0.3, -0.25) is 13.9 Å². The molecule has 0 bridgehead atoms. The lowest BCUT2D eigenvalue weighted by Crippen LogP contribution is -2.31. The monoisotopic (exact) mass is 624 g/mol. The number of hydrogen-bond donors (Lipinski definition) is 5. The lowest BCUT2D eigenvalue weighted by Gasteiger charge is -2.22. The van der Waals surface area contributed by atoms with Crippen molar-refractivity contribution in [3.63, 3.8) is 0 Å². The topological polar surface area (TPSA) is 251 Å². The van der Waals surface area contributed by atoms with Crippen molar-refractivity contribution in [1.29, 1.82) is 0 Å². The Balaban J connectivity index is 1.41. The lowest BCUT2D eigenvalue weighted by atomic mass is 10.1. The van der Waals surface area contributed by atoms with Gasteiger partial charge in [0.2, 0.25) is 0 Å². The molecule has 0 amide bonds. The second-order valence-electron chi connectivity index (χ2n) is 8.87. The van der Waals surface area contributed by atoms with Crippen molar-refractivity contribution in [1.82, 2.24) is 19.5 Å². The van der Waals surface area contributed by atoms with E-state index in [4.69, 9.17) is 28.5 Å². The average Bonchev–Trinajstić information content (AvgIpc) is 3.50. The molecule has 218 valence electrons. The minimum absolute atomic E-state index is 0.0245. The Morgan fingerprint density at radius 3 is 2.33 bits per heavy atom. The van der Waals surface area contributed by atoms with E-state index < -0.39 is 66.5 Å². The van der Waals surface area contributed by atoms with E-state index in [1.165, 1.54) is 10.9 Å². The van der Waals surface area contributed by atoms with Gasteiger partial charge in [0.05, 0.1) is 12.9 Å². The average molecular weight is 624 g/mol. The normalized spacial score (nSPS) is 27.9. The van der Waals surface area contributed by atoms with Crippen LogP contribution in [-0.4, -0.2) is 64.0 Å². The zero-order chi connectivity index (χ0) is 29.0. The highest BCUT2D eigenvalue weighted by molar-refractivity contribution is 7.66. The molecule has 4 unspecified atom stereocenters. The molecular weight excluding hydrogens is 601 g/mol. The van der Waals surface area contributed by atoms with Crippen LogP contribution in [0.25, 0.3) is 11.2 Å². The van der Waals surface area contributed by atoms with Crippen molar-refractivity contribution >= 4 is 34.6 Å². The first-order valence-electron chi connectivity index (χ1n) is 11.4. The van der Waals surface area contributed by atoms with Crippen LogP contribution < -0.4 is 5.56 Å². The highest BCUT2D eigenvalue weighted by Gasteiger charge is 2.55. The second-order valence-corrected chi connectivity index (χ2v) is 13.3. The van der Waals surface area contributed by atoms with Crippen LogP contribution in [0.5, 0.6) is 0 Å². The molecule has 2 saturated heterocycles. The summed E-state index contributed by atoms with van der Waals surface area (Å²) < 4.78 is 66.7. The summed E-state index contributed by atoms with van der Waals surface area (Å²) in [5.41, 5.74) is 1.36. The molecule has 5 N–H and O–H groups in total. The maximum absolute atomic E-state index is 12.3. The van der Waals surface area contributed by atoms with Gasteiger partial charge < -0.3 is 38.8 Å². The number of fused-ring (bicyclic) bond motifs is 2. The molecule has 4 heterocycles. The summed E-state index contributed by atoms with van der Waals surface area (Å²) in [6.45, 7) is 2.70. The molecule has 2 aliphatic heterocycles. The Bertz CT molecular complexity index is 1620. The number of nitrogens with one attached hydrogen (secondary N) is 1. The van der Waals surface area contributed by atoms with E-state index >= 15 is 0 Å². The Morgan fingerprint density at radius 1 is 0.975 bits per heavy atom. The molecular formula is C19H23N4O14P3. The van der Waals surface area contributed by atoms with Gasteiger partial charge in [-0.2, -0.15) is 8.62 Å². The molecule has 0 aliphatic carbocycles. The van der Waals surface area contributed by atoms with Crippen molar-refractivity contribution in [3.05, 3.63) is 57.9 Å². The van der Waals surface area contributed by atoms with Crippen LogP contribution in [0.2, 0.25) is 0 Å². The molecule has 40 heavy (non-hydrogen) atoms. The van der Waals surface area contributed by atoms with Crippen LogP contribution in [0.1, 0.15) is 29.5 Å². The fourth-order valence-corrected chi connectivity index (χ4v) is 7.30. The van der Waals surface area contributed by atoms with E-state index in [0.717, 1.165) is 5.56 Å². The molecule has 18 nitrogen and oxygen atoms in total. The van der Waals surface area contributed by atoms with E-state index in [1.54, 1.807) is 19.1 Å². The van der Waals surface area contributed by atoms with Gasteiger partial charge in [0.25, 0.3) is 5.56 Å². The number of aryl methyl sites for hydroxylation is 2. The number of phosphoric acid groups is 3. The quantitative estimate of drug-likeness (QED) is 0.211. The van der Waals surface area contributed by atoms with Gasteiger partial charge in [-0.25, -0.2) is 23.7 Å². The Kier molecular flexibility index (Phi) is 7.78. The van der Waals surface area contributed by atoms with Gasteiger partial charge in [-0.1, -0.05) is 29.8 Å². The highest BCUT2D eigenvalue weighted by Crippen LogP contribution is 2.66. The van der Waals surface area contributed by atoms with E-state index in [9.17, 15) is 28.3 Å². The van der Waals surface area contributed by atoms with Crippen molar-refractivity contribution in [2.75, 3.05) is 6.61 Å². The number of aromatic amines is 1. The van der Waals surface area contributed by atoms with Crippen molar-refractivity contribution < 1.29 is 60.6 Å². The zero-order valence-corrected chi connectivity index (χ0v) is 23.2. The van der Waals surface area contributed by atoms with Crippen LogP contribution in [-0.2, 0) is 41.1 Å². The minimum Gasteiger partial charge on any atom is -0.347 e. The van der Waals surface area contributed by atoms with Crippen molar-refractivity contribution in [2.45, 2.75) is 44.7 Å². The van der Waals surface area contributed by atoms with E-state index in [0.29, 0.717) is 11.4 Å². The van der Waals surface area contributed by atoms with Crippen molar-refractivity contribution in [3.8, 4) is 0 Å². The second kappa shape index (κ2) is 10.6. The zero-order valence-electron chi connectivity index (χ0n) is 20.5. The predicted octanol–water partition coefficient (Wildman–Crippen LogP) is 1.46. The van der Waals surface area contributed by atoms with Crippen LogP contribution in [0.4, 0.5) is 0 Å². The fraction of sp³-hybridized carbons (Fsp3) is 0.421. The third-order valence-corrected chi connectivity index (χ3v) is 9.64. The molecule has 0 radical (unpaired) electrons. The molecule has 0 spiro atoms. The summed E-state index contributed by atoms with van der Waals surface area (Å²) in [4.78, 5) is 60.0. The molecule has 7 atom stereocenters. The maximum Gasteiger partial charge on any atom is 0.490 e. The van der Waals surface area contributed by atoms with Crippen LogP contribution in [0.3, 0.4) is 0 Å². The van der Waals surface area contributed by atoms with Crippen molar-refractivity contribution in [2.24, 2.45) is 0 Å². The number of rotatable bonds is 9. The van der Waals surface area contributed by atoms with Gasteiger partial charge in [0.1, 0.15) is 24.1 Å². The Morgan fingerprint density at radius 2 is 1.65 bits per heavy atom. The summed E-state index contributed by atoms with van der Waals surface area (Å²) >= 11 is 0. The summed E-state index contributed by atoms with van der Waals surface area (Å²) in [6, 6.07) is 7.27. The number of phosphoric ester groups is 1. The van der Waals surface area contributed by atoms with Crippen LogP contribution in [0, 0.1) is 13.8 Å². The smallest absolute Gasteiger partial charge is 0.347 e. The number of aromatic nitrogens is 4. The third-order valence-electron chi connectivity index (χ3n) is 5.84. The van der Waals surface area contributed by atoms with E-state index in [2.05, 4.69) is 23.6 Å². The maximum atomic E-state index is 12.3. The first-order chi connectivity index (χ1) is 18.6. The number of benzene rings is 1. The van der Waals surface area contributed by atoms with E-state index in [-0.39, 0.29) is 11.2 Å². The first-order valence-corrected chi connectivity index (χ1v) is 15.9. The standard InChI is InChI=1S/C19H23N4O14P3/c1-9-3-5-11(6-4-9)19-34-14-12(7-32-39(28,29)37-40(30,31)36-38(25,26)27)33-18(15(14)35-19)23-8-20-13-16(23)21-10(2)22-17(13)24/h3-6,8,12,14-15,18-19H,7H2,1-2H3,(H,28,29)(H,30,31)(H,21,22,24)(H2,25,26,27)/t12-,14+,15?,18-,19?/m1/s1. The van der Waals surface area contributed by atoms with Gasteiger partial charge in [-0.15, -0.1) is 0 Å². The molecule has 2 aromatic heterocycles. The largest absolute Gasteiger partial charge is 0.490 e. The van der Waals surface area contributed by atoms with Gasteiger partial charge in [0.15, 0.2) is 23.7 Å². The highest BCUT2D eigenvalue weighted by atomic mass is 31.3. The van der Waals surface area contributed by atoms with Crippen LogP contribution >= 0.6 is 23.5 Å². The molecule has 2 fully saturated rings. The predicted molar refractivity (Wildman–Crippen MR) is 130 cm³/mol. The van der Waals surface area contributed by atoms with Gasteiger partial charge in [-0.05, 0) is 13.8 Å². The molecule has 3 aromatic rings. The summed E-state index contributed by atoms with van der Waals surface area (Å²) in [5, 5.41) is 0. The van der Waals surface area contributed by atoms with E-state index in [1.807, 2.05) is 19.1 Å². The first kappa shape index (κ1) is 29.4.